The van der Waals surface area contributed by atoms with E-state index in [4.69, 9.17) is 4.74 Å². The van der Waals surface area contributed by atoms with Crippen LogP contribution in [0.15, 0.2) is 42.1 Å². The number of nitrogens with zero attached hydrogens (tertiary/aromatic N) is 4. The van der Waals surface area contributed by atoms with Crippen LogP contribution >= 0.6 is 23.1 Å². The highest BCUT2D eigenvalue weighted by Gasteiger charge is 2.26. The van der Waals surface area contributed by atoms with E-state index < -0.39 is 0 Å². The molecule has 3 aromatic rings. The topological polar surface area (TPSA) is 92.8 Å². The molecule has 4 rings (SSSR count). The van der Waals surface area contributed by atoms with Crippen molar-refractivity contribution in [2.75, 3.05) is 11.1 Å². The number of fused-ring (bicyclic) bond motifs is 1. The van der Waals surface area contributed by atoms with E-state index in [-0.39, 0.29) is 18.3 Å². The molecule has 1 unspecified atom stereocenters. The zero-order chi connectivity index (χ0) is 26.4. The van der Waals surface area contributed by atoms with Crippen LogP contribution in [0.4, 0.5) is 5.00 Å². The Morgan fingerprint density at radius 2 is 2.16 bits per heavy atom. The highest BCUT2D eigenvalue weighted by Crippen LogP contribution is 2.40. The van der Waals surface area contributed by atoms with Gasteiger partial charge >= 0.3 is 0 Å². The van der Waals surface area contributed by atoms with Crippen molar-refractivity contribution in [2.24, 2.45) is 5.92 Å². The van der Waals surface area contributed by atoms with E-state index in [1.165, 1.54) is 22.2 Å². The van der Waals surface area contributed by atoms with Crippen LogP contribution in [-0.4, -0.2) is 26.4 Å². The van der Waals surface area contributed by atoms with Crippen LogP contribution < -0.4 is 10.1 Å². The number of aromatic nitrogens is 3. The summed E-state index contributed by atoms with van der Waals surface area (Å²) in [4.78, 5) is 14.1. The Bertz CT molecular complexity index is 1290. The minimum absolute atomic E-state index is 0.164. The quantitative estimate of drug-likeness (QED) is 0.227. The fourth-order valence-corrected chi connectivity index (χ4v) is 6.54. The van der Waals surface area contributed by atoms with Gasteiger partial charge in [0.2, 0.25) is 5.91 Å². The van der Waals surface area contributed by atoms with Gasteiger partial charge in [-0.25, -0.2) is 0 Å². The lowest BCUT2D eigenvalue weighted by molar-refractivity contribution is -0.113. The summed E-state index contributed by atoms with van der Waals surface area (Å²) in [5.74, 6) is 2.56. The minimum atomic E-state index is -0.164. The summed E-state index contributed by atoms with van der Waals surface area (Å²) in [7, 11) is 0. The molecule has 194 valence electrons. The van der Waals surface area contributed by atoms with E-state index in [1.807, 2.05) is 16.7 Å². The van der Waals surface area contributed by atoms with E-state index >= 15 is 0 Å². The maximum atomic E-state index is 12.8. The van der Waals surface area contributed by atoms with Crippen molar-refractivity contribution in [3.8, 4) is 11.8 Å². The predicted octanol–water partition coefficient (Wildman–Crippen LogP) is 6.35. The molecule has 37 heavy (non-hydrogen) atoms. The number of nitriles is 1. The Morgan fingerprint density at radius 3 is 2.84 bits per heavy atom. The number of thioether (sulfide) groups is 1. The van der Waals surface area contributed by atoms with Crippen LogP contribution in [0.5, 0.6) is 5.75 Å². The van der Waals surface area contributed by atoms with Crippen LogP contribution in [0.2, 0.25) is 0 Å². The molecule has 1 aromatic carbocycles. The van der Waals surface area contributed by atoms with Gasteiger partial charge in [0, 0.05) is 11.4 Å². The van der Waals surface area contributed by atoms with Crippen molar-refractivity contribution in [2.45, 2.75) is 70.7 Å². The molecule has 1 aliphatic rings. The molecule has 1 amide bonds. The third kappa shape index (κ3) is 6.43. The maximum Gasteiger partial charge on any atom is 0.235 e. The first-order valence-corrected chi connectivity index (χ1v) is 14.5. The number of carbonyl (C=O) groups excluding carboxylic acids is 1. The second-order valence-corrected chi connectivity index (χ2v) is 11.5. The average Bonchev–Trinajstić information content (AvgIpc) is 3.45. The Morgan fingerprint density at radius 1 is 1.38 bits per heavy atom. The van der Waals surface area contributed by atoms with Gasteiger partial charge in [-0.1, -0.05) is 57.2 Å². The molecule has 1 atom stereocenters. The number of hydrogen-bond donors (Lipinski definition) is 1. The largest absolute Gasteiger partial charge is 0.486 e. The van der Waals surface area contributed by atoms with Gasteiger partial charge in [-0.05, 0) is 54.4 Å². The summed E-state index contributed by atoms with van der Waals surface area (Å²) in [5.41, 5.74) is 3.01. The molecule has 0 radical (unpaired) electrons. The smallest absolute Gasteiger partial charge is 0.235 e. The molecular formula is C28H33N5O2S2. The summed E-state index contributed by atoms with van der Waals surface area (Å²) in [6, 6.07) is 10.4. The lowest BCUT2D eigenvalue weighted by Crippen LogP contribution is -2.15. The zero-order valence-corrected chi connectivity index (χ0v) is 23.3. The molecule has 7 nitrogen and oxygen atoms in total. The molecule has 0 fully saturated rings. The van der Waals surface area contributed by atoms with Gasteiger partial charge in [0.05, 0.1) is 11.3 Å². The molecule has 0 aliphatic heterocycles. The highest BCUT2D eigenvalue weighted by atomic mass is 32.2. The molecule has 0 saturated heterocycles. The predicted molar refractivity (Wildman–Crippen MR) is 149 cm³/mol. The number of hydrogen-bond acceptors (Lipinski definition) is 7. The van der Waals surface area contributed by atoms with E-state index in [9.17, 15) is 10.1 Å². The molecule has 0 bridgehead atoms. The van der Waals surface area contributed by atoms with Crippen molar-refractivity contribution in [1.29, 1.82) is 5.26 Å². The van der Waals surface area contributed by atoms with Crippen LogP contribution in [0.25, 0.3) is 0 Å². The second kappa shape index (κ2) is 12.4. The number of benzene rings is 1. The number of carbonyl (C=O) groups is 1. The molecule has 2 heterocycles. The number of thiophene rings is 1. The van der Waals surface area contributed by atoms with Gasteiger partial charge in [0.1, 0.15) is 23.4 Å². The Hall–Kier alpha value is -3.09. The Labute approximate surface area is 226 Å². The number of nitrogens with one attached hydrogen (secondary N) is 1. The maximum absolute atomic E-state index is 12.8. The van der Waals surface area contributed by atoms with Gasteiger partial charge in [0.15, 0.2) is 11.0 Å². The Balaban J connectivity index is 1.38. The number of anilines is 1. The van der Waals surface area contributed by atoms with Crippen LogP contribution in [0.1, 0.15) is 66.9 Å². The van der Waals surface area contributed by atoms with Crippen LogP contribution in [-0.2, 0) is 30.8 Å². The highest BCUT2D eigenvalue weighted by molar-refractivity contribution is 7.99. The molecule has 0 spiro atoms. The summed E-state index contributed by atoms with van der Waals surface area (Å²) in [6.45, 7) is 11.1. The molecular weight excluding hydrogens is 502 g/mol. The first-order chi connectivity index (χ1) is 17.9. The third-order valence-electron chi connectivity index (χ3n) is 6.66. The van der Waals surface area contributed by atoms with Gasteiger partial charge in [-0.15, -0.1) is 28.1 Å². The van der Waals surface area contributed by atoms with E-state index in [2.05, 4.69) is 61.1 Å². The normalized spacial score (nSPS) is 14.7. The number of ether oxygens (including phenoxy) is 1. The van der Waals surface area contributed by atoms with E-state index in [1.54, 1.807) is 17.4 Å². The summed E-state index contributed by atoms with van der Waals surface area (Å²) >= 11 is 2.86. The van der Waals surface area contributed by atoms with Gasteiger partial charge < -0.3 is 10.1 Å². The fraction of sp³-hybridized carbons (Fsp3) is 0.429. The standard InChI is InChI=1S/C28H33N5O2S2/c1-5-13-33-25(16-35-21-10-8-20(9-11-21)18(3)4)31-32-28(33)36-17-26(34)30-27-23(15-29)22-12-7-19(6-2)14-24(22)37-27/h5,8-11,18-19H,1,6-7,12-14,16-17H2,2-4H3,(H,30,34). The van der Waals surface area contributed by atoms with Crippen molar-refractivity contribution in [3.63, 3.8) is 0 Å². The van der Waals surface area contributed by atoms with Crippen molar-refractivity contribution in [3.05, 3.63) is 64.3 Å². The van der Waals surface area contributed by atoms with Crippen LogP contribution in [0, 0.1) is 17.2 Å². The average molecular weight is 536 g/mol. The zero-order valence-electron chi connectivity index (χ0n) is 21.6. The molecule has 0 saturated carbocycles. The van der Waals surface area contributed by atoms with E-state index in [0.29, 0.717) is 39.9 Å². The first kappa shape index (κ1) is 27.0. The lowest BCUT2D eigenvalue weighted by Gasteiger charge is -2.20. The van der Waals surface area contributed by atoms with Crippen molar-refractivity contribution in [1.82, 2.24) is 14.8 Å². The number of rotatable bonds is 11. The van der Waals surface area contributed by atoms with Gasteiger partial charge in [-0.3, -0.25) is 9.36 Å². The van der Waals surface area contributed by atoms with Crippen molar-refractivity contribution >= 4 is 34.0 Å². The van der Waals surface area contributed by atoms with E-state index in [0.717, 1.165) is 37.0 Å². The van der Waals surface area contributed by atoms with Crippen molar-refractivity contribution < 1.29 is 9.53 Å². The summed E-state index contributed by atoms with van der Waals surface area (Å²) < 4.78 is 7.84. The minimum Gasteiger partial charge on any atom is -0.486 e. The number of amides is 1. The second-order valence-electron chi connectivity index (χ2n) is 9.48. The molecule has 9 heteroatoms. The first-order valence-electron chi connectivity index (χ1n) is 12.7. The van der Waals surface area contributed by atoms with Gasteiger partial charge in [-0.2, -0.15) is 5.26 Å². The molecule has 2 aromatic heterocycles. The fourth-order valence-electron chi connectivity index (χ4n) is 4.44. The monoisotopic (exact) mass is 535 g/mol. The SMILES string of the molecule is C=CCn1c(COc2ccc(C(C)C)cc2)nnc1SCC(=O)Nc1sc2c(c1C#N)CCC(CC)C2. The van der Waals surface area contributed by atoms with Crippen LogP contribution in [0.3, 0.4) is 0 Å². The summed E-state index contributed by atoms with van der Waals surface area (Å²) in [5, 5.41) is 22.6. The number of allylic oxidation sites excluding steroid dienone is 1. The summed E-state index contributed by atoms with van der Waals surface area (Å²) in [6.07, 6.45) is 5.92. The lowest BCUT2D eigenvalue weighted by atomic mass is 9.86. The third-order valence-corrected chi connectivity index (χ3v) is 8.80. The molecule has 1 N–H and O–H groups in total. The molecule has 1 aliphatic carbocycles. The Kier molecular flexibility index (Phi) is 9.06. The van der Waals surface area contributed by atoms with Gasteiger partial charge in [0.25, 0.3) is 0 Å².